The van der Waals surface area contributed by atoms with Crippen molar-refractivity contribution in [3.05, 3.63) is 35.1 Å². The molecule has 1 N–H and O–H groups in total. The molecule has 4 heteroatoms. The number of benzene rings is 1. The van der Waals surface area contributed by atoms with Gasteiger partial charge in [-0.1, -0.05) is 13.0 Å². The topological polar surface area (TPSA) is 32.3 Å². The van der Waals surface area contributed by atoms with Crippen LogP contribution in [0.1, 0.15) is 48.5 Å². The molecular weight excluding hydrogens is 267 g/mol. The molecule has 0 saturated heterocycles. The molecule has 0 atom stereocenters. The van der Waals surface area contributed by atoms with Crippen LogP contribution in [0.25, 0.3) is 0 Å². The quantitative estimate of drug-likeness (QED) is 0.924. The molecule has 1 aliphatic carbocycles. The molecule has 1 amide bonds. The van der Waals surface area contributed by atoms with Crippen molar-refractivity contribution in [2.75, 3.05) is 13.6 Å². The zero-order valence-corrected chi connectivity index (χ0v) is 13.2. The van der Waals surface area contributed by atoms with Crippen molar-refractivity contribution in [2.45, 2.75) is 51.6 Å². The highest BCUT2D eigenvalue weighted by atomic mass is 19.1. The SMILES string of the molecule is CCNC1CCC(N(C)C(=O)c2ccc(C)cc2F)CC1. The van der Waals surface area contributed by atoms with Gasteiger partial charge in [-0.15, -0.1) is 0 Å². The molecule has 3 nitrogen and oxygen atoms in total. The predicted octanol–water partition coefficient (Wildman–Crippen LogP) is 3.13. The highest BCUT2D eigenvalue weighted by molar-refractivity contribution is 5.94. The molecule has 21 heavy (non-hydrogen) atoms. The molecule has 2 rings (SSSR count). The van der Waals surface area contributed by atoms with E-state index < -0.39 is 5.82 Å². The van der Waals surface area contributed by atoms with E-state index in [-0.39, 0.29) is 17.5 Å². The van der Waals surface area contributed by atoms with Gasteiger partial charge in [0.05, 0.1) is 5.56 Å². The summed E-state index contributed by atoms with van der Waals surface area (Å²) in [5.74, 6) is -0.632. The zero-order chi connectivity index (χ0) is 15.4. The van der Waals surface area contributed by atoms with Gasteiger partial charge in [0.25, 0.3) is 5.91 Å². The Hall–Kier alpha value is -1.42. The summed E-state index contributed by atoms with van der Waals surface area (Å²) in [6, 6.07) is 5.57. The number of carbonyl (C=O) groups is 1. The van der Waals surface area contributed by atoms with Gasteiger partial charge in [-0.2, -0.15) is 0 Å². The van der Waals surface area contributed by atoms with E-state index in [4.69, 9.17) is 0 Å². The molecule has 116 valence electrons. The van der Waals surface area contributed by atoms with Crippen LogP contribution in [-0.2, 0) is 0 Å². The average Bonchev–Trinajstić information content (AvgIpc) is 2.47. The van der Waals surface area contributed by atoms with Crippen molar-refractivity contribution >= 4 is 5.91 Å². The second-order valence-corrected chi connectivity index (χ2v) is 5.96. The number of rotatable bonds is 4. The van der Waals surface area contributed by atoms with Crippen LogP contribution < -0.4 is 5.32 Å². The Morgan fingerprint density at radius 2 is 2.00 bits per heavy atom. The summed E-state index contributed by atoms with van der Waals surface area (Å²) in [5.41, 5.74) is 1.01. The van der Waals surface area contributed by atoms with Gasteiger partial charge < -0.3 is 10.2 Å². The van der Waals surface area contributed by atoms with Gasteiger partial charge in [0.15, 0.2) is 0 Å². The molecule has 0 heterocycles. The third-order valence-corrected chi connectivity index (χ3v) is 4.41. The molecule has 0 spiro atoms. The summed E-state index contributed by atoms with van der Waals surface area (Å²) in [4.78, 5) is 14.2. The smallest absolute Gasteiger partial charge is 0.256 e. The minimum Gasteiger partial charge on any atom is -0.339 e. The third kappa shape index (κ3) is 3.82. The maximum atomic E-state index is 13.9. The Balaban J connectivity index is 2.00. The monoisotopic (exact) mass is 292 g/mol. The number of nitrogens with zero attached hydrogens (tertiary/aromatic N) is 1. The van der Waals surface area contributed by atoms with E-state index in [1.54, 1.807) is 24.1 Å². The maximum absolute atomic E-state index is 13.9. The molecule has 1 fully saturated rings. The van der Waals surface area contributed by atoms with Gasteiger partial charge in [-0.3, -0.25) is 4.79 Å². The fourth-order valence-corrected chi connectivity index (χ4v) is 3.11. The highest BCUT2D eigenvalue weighted by Crippen LogP contribution is 2.24. The number of hydrogen-bond acceptors (Lipinski definition) is 2. The van der Waals surface area contributed by atoms with Crippen LogP contribution >= 0.6 is 0 Å². The molecular formula is C17H25FN2O. The van der Waals surface area contributed by atoms with Crippen LogP contribution in [-0.4, -0.2) is 36.5 Å². The summed E-state index contributed by atoms with van der Waals surface area (Å²) < 4.78 is 13.9. The van der Waals surface area contributed by atoms with Crippen molar-refractivity contribution in [2.24, 2.45) is 0 Å². The van der Waals surface area contributed by atoms with E-state index >= 15 is 0 Å². The van der Waals surface area contributed by atoms with Gasteiger partial charge in [0.2, 0.25) is 0 Å². The number of halogens is 1. The second-order valence-electron chi connectivity index (χ2n) is 5.96. The van der Waals surface area contributed by atoms with Crippen LogP contribution in [0, 0.1) is 12.7 Å². The lowest BCUT2D eigenvalue weighted by Gasteiger charge is -2.35. The van der Waals surface area contributed by atoms with Gasteiger partial charge in [0, 0.05) is 19.1 Å². The zero-order valence-electron chi connectivity index (χ0n) is 13.2. The number of amides is 1. The third-order valence-electron chi connectivity index (χ3n) is 4.41. The van der Waals surface area contributed by atoms with Crippen LogP contribution in [0.4, 0.5) is 4.39 Å². The largest absolute Gasteiger partial charge is 0.339 e. The average molecular weight is 292 g/mol. The van der Waals surface area contributed by atoms with E-state index in [1.165, 1.54) is 6.07 Å². The summed E-state index contributed by atoms with van der Waals surface area (Å²) in [5, 5.41) is 3.46. The Labute approximate surface area is 126 Å². The summed E-state index contributed by atoms with van der Waals surface area (Å²) >= 11 is 0. The first kappa shape index (κ1) is 16.0. The lowest BCUT2D eigenvalue weighted by molar-refractivity contribution is 0.0680. The van der Waals surface area contributed by atoms with Gasteiger partial charge in [-0.05, 0) is 56.8 Å². The van der Waals surface area contributed by atoms with Crippen LogP contribution in [0.2, 0.25) is 0 Å². The molecule has 1 aliphatic rings. The Bertz CT molecular complexity index is 496. The molecule has 0 radical (unpaired) electrons. The van der Waals surface area contributed by atoms with Crippen molar-refractivity contribution in [1.29, 1.82) is 0 Å². The van der Waals surface area contributed by atoms with E-state index in [9.17, 15) is 9.18 Å². The lowest BCUT2D eigenvalue weighted by Crippen LogP contribution is -2.43. The molecule has 0 bridgehead atoms. The second kappa shape index (κ2) is 7.03. The molecule has 0 unspecified atom stereocenters. The summed E-state index contributed by atoms with van der Waals surface area (Å²) in [6.07, 6.45) is 4.11. The number of aryl methyl sites for hydroxylation is 1. The number of carbonyl (C=O) groups excluding carboxylic acids is 1. The first-order valence-corrected chi connectivity index (χ1v) is 7.79. The number of hydrogen-bond donors (Lipinski definition) is 1. The van der Waals surface area contributed by atoms with E-state index in [2.05, 4.69) is 12.2 Å². The molecule has 1 aromatic rings. The molecule has 0 aliphatic heterocycles. The Morgan fingerprint density at radius 3 is 2.57 bits per heavy atom. The van der Waals surface area contributed by atoms with Gasteiger partial charge >= 0.3 is 0 Å². The summed E-state index contributed by atoms with van der Waals surface area (Å²) in [7, 11) is 1.79. The van der Waals surface area contributed by atoms with Crippen molar-refractivity contribution in [3.63, 3.8) is 0 Å². The first-order chi connectivity index (χ1) is 10.0. The first-order valence-electron chi connectivity index (χ1n) is 7.79. The minimum absolute atomic E-state index is 0.178. The highest BCUT2D eigenvalue weighted by Gasteiger charge is 2.27. The predicted molar refractivity (Wildman–Crippen MR) is 83.0 cm³/mol. The Kier molecular flexibility index (Phi) is 5.34. The van der Waals surface area contributed by atoms with Crippen molar-refractivity contribution in [1.82, 2.24) is 10.2 Å². The fourth-order valence-electron chi connectivity index (χ4n) is 3.11. The maximum Gasteiger partial charge on any atom is 0.256 e. The van der Waals surface area contributed by atoms with Crippen molar-refractivity contribution in [3.8, 4) is 0 Å². The molecule has 1 aromatic carbocycles. The van der Waals surface area contributed by atoms with E-state index in [0.717, 1.165) is 37.8 Å². The minimum atomic E-state index is -0.423. The van der Waals surface area contributed by atoms with Crippen LogP contribution in [0.15, 0.2) is 18.2 Å². The van der Waals surface area contributed by atoms with Crippen LogP contribution in [0.5, 0.6) is 0 Å². The molecule has 1 saturated carbocycles. The van der Waals surface area contributed by atoms with E-state index in [0.29, 0.717) is 6.04 Å². The lowest BCUT2D eigenvalue weighted by atomic mass is 9.90. The van der Waals surface area contributed by atoms with Crippen molar-refractivity contribution < 1.29 is 9.18 Å². The summed E-state index contributed by atoms with van der Waals surface area (Å²) in [6.45, 7) is 4.92. The van der Waals surface area contributed by atoms with Crippen LogP contribution in [0.3, 0.4) is 0 Å². The standard InChI is InChI=1S/C17H25FN2O/c1-4-19-13-6-8-14(9-7-13)20(3)17(21)15-10-5-12(2)11-16(15)18/h5,10-11,13-14,19H,4,6-9H2,1-3H3. The molecule has 0 aromatic heterocycles. The Morgan fingerprint density at radius 1 is 1.33 bits per heavy atom. The number of nitrogens with one attached hydrogen (secondary N) is 1. The fraction of sp³-hybridized carbons (Fsp3) is 0.588. The normalized spacial score (nSPS) is 22.1. The van der Waals surface area contributed by atoms with E-state index in [1.807, 2.05) is 6.92 Å². The van der Waals surface area contributed by atoms with Gasteiger partial charge in [0.1, 0.15) is 5.82 Å². The van der Waals surface area contributed by atoms with Gasteiger partial charge in [-0.25, -0.2) is 4.39 Å².